The summed E-state index contributed by atoms with van der Waals surface area (Å²) >= 11 is 0. The molecule has 9 aromatic rings. The molecule has 0 fully saturated rings. The summed E-state index contributed by atoms with van der Waals surface area (Å²) < 4.78 is 2.23. The van der Waals surface area contributed by atoms with Crippen LogP contribution >= 0.6 is 0 Å². The molecule has 0 N–H and O–H groups in total. The van der Waals surface area contributed by atoms with Crippen LogP contribution in [-0.2, 0) is 0 Å². The molecule has 6 heteroatoms. The van der Waals surface area contributed by atoms with E-state index in [1.165, 1.54) is 0 Å². The summed E-state index contributed by atoms with van der Waals surface area (Å²) in [7, 11) is 0. The molecule has 230 valence electrons. The molecule has 0 unspecified atom stereocenters. The molecule has 9 rings (SSSR count). The van der Waals surface area contributed by atoms with E-state index in [2.05, 4.69) is 83.4 Å². The van der Waals surface area contributed by atoms with Crippen LogP contribution in [0.3, 0.4) is 0 Å². The molecule has 0 aliphatic rings. The van der Waals surface area contributed by atoms with Crippen LogP contribution in [0.1, 0.15) is 0 Å². The van der Waals surface area contributed by atoms with E-state index in [4.69, 9.17) is 24.9 Å². The van der Waals surface area contributed by atoms with Gasteiger partial charge in [-0.15, -0.1) is 0 Å². The van der Waals surface area contributed by atoms with Crippen molar-refractivity contribution in [2.45, 2.75) is 0 Å². The van der Waals surface area contributed by atoms with Crippen molar-refractivity contribution >= 4 is 21.9 Å². The molecule has 6 aromatic carbocycles. The standard InChI is InChI=1S/C43H28N6/c1-5-16-29(17-6-1)38-37-35-26-13-14-27-36(35)49(34-24-11-4-12-25-34)43(37)48-41(44-38)32-22-15-23-33(28-32)42-46-39(30-18-7-2-8-19-30)45-40(47-42)31-20-9-3-10-21-31/h1-28H. The molecule has 0 atom stereocenters. The van der Waals surface area contributed by atoms with Gasteiger partial charge >= 0.3 is 0 Å². The number of rotatable bonds is 6. The lowest BCUT2D eigenvalue weighted by Gasteiger charge is -2.11. The van der Waals surface area contributed by atoms with E-state index in [9.17, 15) is 0 Å². The van der Waals surface area contributed by atoms with Gasteiger partial charge in [0.1, 0.15) is 5.65 Å². The molecule has 49 heavy (non-hydrogen) atoms. The van der Waals surface area contributed by atoms with Gasteiger partial charge in [0.15, 0.2) is 23.3 Å². The number of para-hydroxylation sites is 2. The van der Waals surface area contributed by atoms with Crippen molar-refractivity contribution in [1.82, 2.24) is 29.5 Å². The summed E-state index contributed by atoms with van der Waals surface area (Å²) in [6.07, 6.45) is 0. The van der Waals surface area contributed by atoms with Crippen molar-refractivity contribution in [3.63, 3.8) is 0 Å². The largest absolute Gasteiger partial charge is 0.294 e. The molecular formula is C43H28N6. The Hall–Kier alpha value is -6.79. The summed E-state index contributed by atoms with van der Waals surface area (Å²) in [6.45, 7) is 0. The number of aromatic nitrogens is 6. The summed E-state index contributed by atoms with van der Waals surface area (Å²) in [6, 6.07) is 57.4. The molecular weight excluding hydrogens is 601 g/mol. The number of hydrogen-bond donors (Lipinski definition) is 0. The predicted molar refractivity (Wildman–Crippen MR) is 197 cm³/mol. The highest BCUT2D eigenvalue weighted by atomic mass is 15.1. The third-order valence-electron chi connectivity index (χ3n) is 8.66. The zero-order valence-electron chi connectivity index (χ0n) is 26.3. The maximum atomic E-state index is 5.31. The van der Waals surface area contributed by atoms with Crippen molar-refractivity contribution in [3.8, 4) is 62.5 Å². The van der Waals surface area contributed by atoms with Gasteiger partial charge in [0.25, 0.3) is 0 Å². The fourth-order valence-electron chi connectivity index (χ4n) is 6.36. The van der Waals surface area contributed by atoms with Crippen LogP contribution in [0.15, 0.2) is 170 Å². The van der Waals surface area contributed by atoms with Crippen LogP contribution < -0.4 is 0 Å². The van der Waals surface area contributed by atoms with Crippen molar-refractivity contribution in [3.05, 3.63) is 170 Å². The average molecular weight is 629 g/mol. The maximum absolute atomic E-state index is 5.31. The van der Waals surface area contributed by atoms with Crippen LogP contribution in [0.25, 0.3) is 84.4 Å². The Morgan fingerprint density at radius 2 is 0.796 bits per heavy atom. The van der Waals surface area contributed by atoms with Crippen LogP contribution in [-0.4, -0.2) is 29.5 Å². The van der Waals surface area contributed by atoms with E-state index in [0.717, 1.165) is 61.1 Å². The lowest BCUT2D eigenvalue weighted by molar-refractivity contribution is 1.07. The first-order chi connectivity index (χ1) is 24.3. The summed E-state index contributed by atoms with van der Waals surface area (Å²) in [5.41, 5.74) is 8.44. The third-order valence-corrected chi connectivity index (χ3v) is 8.66. The molecule has 0 aliphatic heterocycles. The second-order valence-corrected chi connectivity index (χ2v) is 11.8. The molecule has 0 spiro atoms. The van der Waals surface area contributed by atoms with Gasteiger partial charge in [0.2, 0.25) is 0 Å². The lowest BCUT2D eigenvalue weighted by Crippen LogP contribution is -2.01. The zero-order chi connectivity index (χ0) is 32.6. The Morgan fingerprint density at radius 1 is 0.347 bits per heavy atom. The van der Waals surface area contributed by atoms with Crippen molar-refractivity contribution in [2.24, 2.45) is 0 Å². The second kappa shape index (κ2) is 12.1. The first kappa shape index (κ1) is 28.4. The van der Waals surface area contributed by atoms with Gasteiger partial charge in [-0.3, -0.25) is 4.57 Å². The van der Waals surface area contributed by atoms with E-state index in [-0.39, 0.29) is 0 Å². The Morgan fingerprint density at radius 3 is 1.39 bits per heavy atom. The summed E-state index contributed by atoms with van der Waals surface area (Å²) in [5.74, 6) is 2.43. The number of nitrogens with zero attached hydrogens (tertiary/aromatic N) is 6. The van der Waals surface area contributed by atoms with E-state index in [1.807, 2.05) is 91.0 Å². The van der Waals surface area contributed by atoms with Gasteiger partial charge in [0, 0.05) is 38.9 Å². The first-order valence-electron chi connectivity index (χ1n) is 16.2. The van der Waals surface area contributed by atoms with Gasteiger partial charge in [0.05, 0.1) is 16.6 Å². The van der Waals surface area contributed by atoms with E-state index < -0.39 is 0 Å². The van der Waals surface area contributed by atoms with Crippen LogP contribution in [0, 0.1) is 0 Å². The third kappa shape index (κ3) is 5.22. The number of fused-ring (bicyclic) bond motifs is 3. The maximum Gasteiger partial charge on any atom is 0.164 e. The monoisotopic (exact) mass is 628 g/mol. The van der Waals surface area contributed by atoms with Gasteiger partial charge in [-0.1, -0.05) is 146 Å². The molecule has 0 bridgehead atoms. The minimum atomic E-state index is 0.581. The van der Waals surface area contributed by atoms with E-state index in [1.54, 1.807) is 0 Å². The minimum Gasteiger partial charge on any atom is -0.294 e. The number of benzene rings is 6. The fourth-order valence-corrected chi connectivity index (χ4v) is 6.36. The SMILES string of the molecule is c1ccc(-c2nc(-c3ccccc3)nc(-c3cccc(-c4nc(-c5ccccc5)c5c6ccccc6n(-c6ccccc6)c5n4)c3)n2)cc1. The van der Waals surface area contributed by atoms with Gasteiger partial charge in [-0.05, 0) is 24.3 Å². The van der Waals surface area contributed by atoms with Crippen LogP contribution in [0.5, 0.6) is 0 Å². The molecule has 0 saturated heterocycles. The van der Waals surface area contributed by atoms with Crippen molar-refractivity contribution < 1.29 is 0 Å². The minimum absolute atomic E-state index is 0.581. The zero-order valence-corrected chi connectivity index (χ0v) is 26.3. The highest BCUT2D eigenvalue weighted by Crippen LogP contribution is 2.38. The Bertz CT molecular complexity index is 2520. The Labute approximate surface area is 283 Å². The first-order valence-corrected chi connectivity index (χ1v) is 16.2. The van der Waals surface area contributed by atoms with Crippen molar-refractivity contribution in [2.75, 3.05) is 0 Å². The fraction of sp³-hybridized carbons (Fsp3) is 0. The second-order valence-electron chi connectivity index (χ2n) is 11.8. The van der Waals surface area contributed by atoms with Crippen molar-refractivity contribution in [1.29, 1.82) is 0 Å². The van der Waals surface area contributed by atoms with E-state index >= 15 is 0 Å². The summed E-state index contributed by atoms with van der Waals surface area (Å²) in [4.78, 5) is 25.4. The average Bonchev–Trinajstić information content (AvgIpc) is 3.53. The van der Waals surface area contributed by atoms with E-state index in [0.29, 0.717) is 23.3 Å². The molecule has 3 heterocycles. The van der Waals surface area contributed by atoms with Gasteiger partial charge < -0.3 is 0 Å². The normalized spacial score (nSPS) is 11.3. The molecule has 3 aromatic heterocycles. The molecule has 0 amide bonds. The van der Waals surface area contributed by atoms with Crippen LogP contribution in [0.2, 0.25) is 0 Å². The van der Waals surface area contributed by atoms with Gasteiger partial charge in [-0.25, -0.2) is 24.9 Å². The van der Waals surface area contributed by atoms with Crippen LogP contribution in [0.4, 0.5) is 0 Å². The van der Waals surface area contributed by atoms with Gasteiger partial charge in [-0.2, -0.15) is 0 Å². The lowest BCUT2D eigenvalue weighted by atomic mass is 10.0. The molecule has 0 radical (unpaired) electrons. The quantitative estimate of drug-likeness (QED) is 0.183. The highest BCUT2D eigenvalue weighted by Gasteiger charge is 2.21. The predicted octanol–water partition coefficient (Wildman–Crippen LogP) is 10.1. The molecule has 0 aliphatic carbocycles. The number of hydrogen-bond acceptors (Lipinski definition) is 5. The molecule has 6 nitrogen and oxygen atoms in total. The summed E-state index contributed by atoms with van der Waals surface area (Å²) in [5, 5.41) is 2.12. The molecule has 0 saturated carbocycles. The topological polar surface area (TPSA) is 69.4 Å². The highest BCUT2D eigenvalue weighted by molar-refractivity contribution is 6.14. The Balaban J connectivity index is 1.27. The smallest absolute Gasteiger partial charge is 0.164 e. The Kier molecular flexibility index (Phi) is 7.02.